The molecule has 2 rings (SSSR count). The molecule has 0 unspecified atom stereocenters. The number of aromatic amines is 1. The molecule has 0 saturated carbocycles. The molecule has 0 bridgehead atoms. The molecule has 10 nitrogen and oxygen atoms in total. The van der Waals surface area contributed by atoms with Crippen LogP contribution in [0, 0.1) is 0 Å². The molecule has 1 heterocycles. The van der Waals surface area contributed by atoms with Crippen LogP contribution in [0.3, 0.4) is 0 Å². The zero-order valence-electron chi connectivity index (χ0n) is 14.9. The van der Waals surface area contributed by atoms with Gasteiger partial charge in [0.15, 0.2) is 6.61 Å². The molecule has 1 aromatic carbocycles. The van der Waals surface area contributed by atoms with Crippen molar-refractivity contribution in [2.45, 2.75) is 26.4 Å². The van der Waals surface area contributed by atoms with Gasteiger partial charge in [-0.3, -0.25) is 29.1 Å². The number of ether oxygens (including phenoxy) is 1. The highest BCUT2D eigenvalue weighted by molar-refractivity contribution is 5.88. The molecule has 3 N–H and O–H groups in total. The van der Waals surface area contributed by atoms with E-state index in [-0.39, 0.29) is 16.7 Å². The summed E-state index contributed by atoms with van der Waals surface area (Å²) in [5, 5.41) is 7.59. The van der Waals surface area contributed by atoms with Crippen molar-refractivity contribution in [1.82, 2.24) is 20.4 Å². The lowest BCUT2D eigenvalue weighted by molar-refractivity contribution is -0.149. The summed E-state index contributed by atoms with van der Waals surface area (Å²) in [7, 11) is 0. The Morgan fingerprint density at radius 1 is 1.19 bits per heavy atom. The number of hydrogen-bond donors (Lipinski definition) is 3. The number of hydrogen-bond acceptors (Lipinski definition) is 6. The van der Waals surface area contributed by atoms with Gasteiger partial charge in [0.1, 0.15) is 12.6 Å². The Bertz CT molecular complexity index is 977. The average Bonchev–Trinajstić information content (AvgIpc) is 2.64. The van der Waals surface area contributed by atoms with Crippen LogP contribution in [-0.2, 0) is 25.7 Å². The number of aromatic nitrogens is 2. The van der Waals surface area contributed by atoms with Crippen LogP contribution in [0.25, 0.3) is 10.8 Å². The number of H-pyrrole nitrogens is 1. The molecule has 2 aromatic rings. The first-order valence-electron chi connectivity index (χ1n) is 8.28. The topological polar surface area (TPSA) is 139 Å². The fraction of sp³-hybridized carbons (Fsp3) is 0.353. The van der Waals surface area contributed by atoms with Crippen molar-refractivity contribution in [2.24, 2.45) is 0 Å². The van der Waals surface area contributed by atoms with Gasteiger partial charge in [-0.15, -0.1) is 0 Å². The Labute approximate surface area is 153 Å². The maximum atomic E-state index is 12.3. The van der Waals surface area contributed by atoms with E-state index in [4.69, 9.17) is 4.74 Å². The molecule has 0 radical (unpaired) electrons. The van der Waals surface area contributed by atoms with E-state index in [9.17, 15) is 24.0 Å². The second-order valence-corrected chi connectivity index (χ2v) is 5.72. The third-order valence-electron chi connectivity index (χ3n) is 3.66. The minimum Gasteiger partial charge on any atom is -0.454 e. The van der Waals surface area contributed by atoms with E-state index >= 15 is 0 Å². The summed E-state index contributed by atoms with van der Waals surface area (Å²) in [5.41, 5.74) is -1.08. The molecule has 0 spiro atoms. The zero-order chi connectivity index (χ0) is 20.0. The quantitative estimate of drug-likeness (QED) is 0.523. The van der Waals surface area contributed by atoms with E-state index in [1.807, 2.05) is 0 Å². The van der Waals surface area contributed by atoms with Crippen molar-refractivity contribution in [1.29, 1.82) is 0 Å². The number of carbonyl (C=O) groups excluding carboxylic acids is 3. The third-order valence-corrected chi connectivity index (χ3v) is 3.66. The summed E-state index contributed by atoms with van der Waals surface area (Å²) in [5.74, 6) is -1.91. The third kappa shape index (κ3) is 5.03. The number of rotatable bonds is 7. The monoisotopic (exact) mass is 376 g/mol. The lowest BCUT2D eigenvalue weighted by Gasteiger charge is -2.13. The fourth-order valence-corrected chi connectivity index (χ4v) is 2.35. The lowest BCUT2D eigenvalue weighted by atomic mass is 10.2. The van der Waals surface area contributed by atoms with Crippen LogP contribution in [0.1, 0.15) is 13.8 Å². The molecule has 0 aliphatic heterocycles. The summed E-state index contributed by atoms with van der Waals surface area (Å²) in [6.45, 7) is 2.48. The molecule has 0 aliphatic carbocycles. The molecule has 1 atom stereocenters. The van der Waals surface area contributed by atoms with E-state index in [0.29, 0.717) is 6.54 Å². The van der Waals surface area contributed by atoms with E-state index in [1.165, 1.54) is 19.1 Å². The second-order valence-electron chi connectivity index (χ2n) is 5.72. The van der Waals surface area contributed by atoms with Gasteiger partial charge in [-0.2, -0.15) is 0 Å². The largest absolute Gasteiger partial charge is 0.454 e. The van der Waals surface area contributed by atoms with Gasteiger partial charge in [0.25, 0.3) is 17.0 Å². The van der Waals surface area contributed by atoms with Gasteiger partial charge in [-0.1, -0.05) is 12.1 Å². The van der Waals surface area contributed by atoms with E-state index in [2.05, 4.69) is 15.7 Å². The normalized spacial score (nSPS) is 11.6. The number of esters is 1. The first-order valence-corrected chi connectivity index (χ1v) is 8.28. The molecule has 0 aliphatic rings. The van der Waals surface area contributed by atoms with Crippen molar-refractivity contribution < 1.29 is 19.1 Å². The van der Waals surface area contributed by atoms with Gasteiger partial charge in [0, 0.05) is 6.54 Å². The van der Waals surface area contributed by atoms with Crippen LogP contribution in [0.15, 0.2) is 33.9 Å². The molecule has 0 fully saturated rings. The SMILES string of the molecule is CCNC(=O)[C@@H](C)NC(=O)COC(=O)Cn1[nH]c(=O)c2ccccc2c1=O. The minimum absolute atomic E-state index is 0.169. The smallest absolute Gasteiger partial charge is 0.328 e. The van der Waals surface area contributed by atoms with Gasteiger partial charge >= 0.3 is 5.97 Å². The van der Waals surface area contributed by atoms with Crippen LogP contribution >= 0.6 is 0 Å². The molecule has 0 saturated heterocycles. The maximum Gasteiger partial charge on any atom is 0.328 e. The van der Waals surface area contributed by atoms with Crippen molar-refractivity contribution in [3.8, 4) is 0 Å². The van der Waals surface area contributed by atoms with E-state index in [0.717, 1.165) is 4.68 Å². The van der Waals surface area contributed by atoms with Gasteiger partial charge in [-0.25, -0.2) is 4.68 Å². The van der Waals surface area contributed by atoms with Crippen LogP contribution in [-0.4, -0.2) is 46.8 Å². The number of fused-ring (bicyclic) bond motifs is 1. The summed E-state index contributed by atoms with van der Waals surface area (Å²) < 4.78 is 5.61. The molecule has 2 amide bonds. The van der Waals surface area contributed by atoms with Gasteiger partial charge < -0.3 is 15.4 Å². The predicted octanol–water partition coefficient (Wildman–Crippen LogP) is -1.13. The highest BCUT2D eigenvalue weighted by Crippen LogP contribution is 2.02. The Morgan fingerprint density at radius 3 is 2.52 bits per heavy atom. The standard InChI is InChI=1S/C17H20N4O6/c1-3-18-15(24)10(2)19-13(22)9-27-14(23)8-21-17(26)12-7-5-4-6-11(12)16(25)20-21/h4-7,10H,3,8-9H2,1-2H3,(H,18,24)(H,19,22)(H,20,25)/t10-/m1/s1. The molecule has 144 valence electrons. The molecule has 10 heteroatoms. The van der Waals surface area contributed by atoms with Crippen molar-refractivity contribution in [2.75, 3.05) is 13.2 Å². The number of carbonyl (C=O) groups is 3. The van der Waals surface area contributed by atoms with Crippen molar-refractivity contribution in [3.63, 3.8) is 0 Å². The van der Waals surface area contributed by atoms with Crippen LogP contribution in [0.4, 0.5) is 0 Å². The number of likely N-dealkylation sites (N-methyl/N-ethyl adjacent to an activating group) is 1. The summed E-state index contributed by atoms with van der Waals surface area (Å²) >= 11 is 0. The number of amides is 2. The summed E-state index contributed by atoms with van der Waals surface area (Å²) in [6, 6.07) is 5.42. The second kappa shape index (κ2) is 8.79. The van der Waals surface area contributed by atoms with Crippen LogP contribution < -0.4 is 21.8 Å². The lowest BCUT2D eigenvalue weighted by Crippen LogP contribution is -2.46. The van der Waals surface area contributed by atoms with Crippen LogP contribution in [0.5, 0.6) is 0 Å². The Morgan fingerprint density at radius 2 is 1.85 bits per heavy atom. The first-order chi connectivity index (χ1) is 12.8. The highest BCUT2D eigenvalue weighted by Gasteiger charge is 2.16. The molecule has 1 aromatic heterocycles. The van der Waals surface area contributed by atoms with Crippen LogP contribution in [0.2, 0.25) is 0 Å². The van der Waals surface area contributed by atoms with Gasteiger partial charge in [0.05, 0.1) is 10.8 Å². The van der Waals surface area contributed by atoms with Crippen molar-refractivity contribution >= 4 is 28.6 Å². The molecular weight excluding hydrogens is 356 g/mol. The Kier molecular flexibility index (Phi) is 6.47. The Hall–Kier alpha value is -3.43. The maximum absolute atomic E-state index is 12.3. The summed E-state index contributed by atoms with van der Waals surface area (Å²) in [4.78, 5) is 59.4. The van der Waals surface area contributed by atoms with E-state index < -0.39 is 42.2 Å². The molecular formula is C17H20N4O6. The number of benzene rings is 1. The number of nitrogens with zero attached hydrogens (tertiary/aromatic N) is 1. The first kappa shape index (κ1) is 19.9. The zero-order valence-corrected chi connectivity index (χ0v) is 14.9. The average molecular weight is 376 g/mol. The highest BCUT2D eigenvalue weighted by atomic mass is 16.5. The Balaban J connectivity index is 1.97. The van der Waals surface area contributed by atoms with Gasteiger partial charge in [-0.05, 0) is 26.0 Å². The van der Waals surface area contributed by atoms with Crippen molar-refractivity contribution in [3.05, 3.63) is 45.0 Å². The summed E-state index contributed by atoms with van der Waals surface area (Å²) in [6.07, 6.45) is 0. The molecule has 27 heavy (non-hydrogen) atoms. The number of nitrogens with one attached hydrogen (secondary N) is 3. The van der Waals surface area contributed by atoms with Gasteiger partial charge in [0.2, 0.25) is 5.91 Å². The fourth-order valence-electron chi connectivity index (χ4n) is 2.35. The minimum atomic E-state index is -0.885. The van der Waals surface area contributed by atoms with E-state index in [1.54, 1.807) is 19.1 Å². The predicted molar refractivity (Wildman–Crippen MR) is 96.1 cm³/mol.